The van der Waals surface area contributed by atoms with Crippen molar-refractivity contribution < 1.29 is 17.9 Å². The van der Waals surface area contributed by atoms with Gasteiger partial charge in [-0.1, -0.05) is 12.1 Å². The van der Waals surface area contributed by atoms with E-state index in [-0.39, 0.29) is 17.3 Å². The minimum atomic E-state index is -3.63. The van der Waals surface area contributed by atoms with Crippen molar-refractivity contribution in [3.05, 3.63) is 53.6 Å². The van der Waals surface area contributed by atoms with Crippen LogP contribution in [0.3, 0.4) is 0 Å². The number of amides is 1. The molecule has 0 aromatic heterocycles. The predicted molar refractivity (Wildman–Crippen MR) is 112 cm³/mol. The van der Waals surface area contributed by atoms with Gasteiger partial charge in [-0.2, -0.15) is 0 Å². The Balaban J connectivity index is 1.42. The van der Waals surface area contributed by atoms with Gasteiger partial charge in [-0.3, -0.25) is 4.79 Å². The molecule has 8 heteroatoms. The van der Waals surface area contributed by atoms with Gasteiger partial charge in [0.2, 0.25) is 15.9 Å². The van der Waals surface area contributed by atoms with Crippen LogP contribution in [0.15, 0.2) is 47.4 Å². The minimum absolute atomic E-state index is 0.0296. The Kier molecular flexibility index (Phi) is 5.58. The summed E-state index contributed by atoms with van der Waals surface area (Å²) in [5.74, 6) is -0.0296. The number of anilines is 2. The second kappa shape index (κ2) is 8.14. The summed E-state index contributed by atoms with van der Waals surface area (Å²) in [6, 6.07) is 12.9. The first kappa shape index (κ1) is 19.9. The van der Waals surface area contributed by atoms with E-state index >= 15 is 0 Å². The molecule has 0 spiro atoms. The molecule has 1 N–H and O–H groups in total. The molecule has 0 unspecified atom stereocenters. The van der Waals surface area contributed by atoms with E-state index in [2.05, 4.69) is 9.62 Å². The molecule has 0 radical (unpaired) electrons. The molecule has 1 fully saturated rings. The van der Waals surface area contributed by atoms with Gasteiger partial charge in [0, 0.05) is 44.5 Å². The predicted octanol–water partition coefficient (Wildman–Crippen LogP) is 1.91. The van der Waals surface area contributed by atoms with Gasteiger partial charge in [0.05, 0.1) is 18.1 Å². The molecule has 29 heavy (non-hydrogen) atoms. The molecular weight excluding hydrogens is 390 g/mol. The second-order valence-corrected chi connectivity index (χ2v) is 9.07. The molecular formula is C21H25N3O4S. The number of hydrogen-bond acceptors (Lipinski definition) is 5. The molecule has 2 heterocycles. The number of morpholine rings is 1. The third-order valence-corrected chi connectivity index (χ3v) is 6.81. The van der Waals surface area contributed by atoms with Crippen molar-refractivity contribution in [1.29, 1.82) is 0 Å². The number of hydrogen-bond donors (Lipinski definition) is 1. The average molecular weight is 416 g/mol. The molecule has 0 bridgehead atoms. The summed E-state index contributed by atoms with van der Waals surface area (Å²) in [5, 5.41) is 0. The normalized spacial score (nSPS) is 16.7. The van der Waals surface area contributed by atoms with Crippen molar-refractivity contribution in [3.8, 4) is 0 Å². The lowest BCUT2D eigenvalue weighted by atomic mass is 10.2. The van der Waals surface area contributed by atoms with Gasteiger partial charge in [0.1, 0.15) is 0 Å². The fourth-order valence-electron chi connectivity index (χ4n) is 3.78. The zero-order valence-corrected chi connectivity index (χ0v) is 17.2. The first-order valence-corrected chi connectivity index (χ1v) is 11.2. The molecule has 2 aliphatic heterocycles. The number of nitrogens with zero attached hydrogens (tertiary/aromatic N) is 2. The van der Waals surface area contributed by atoms with E-state index in [0.717, 1.165) is 48.8 Å². The maximum atomic E-state index is 12.7. The molecule has 0 saturated carbocycles. The summed E-state index contributed by atoms with van der Waals surface area (Å²) in [6.45, 7) is 5.53. The number of carbonyl (C=O) groups is 1. The van der Waals surface area contributed by atoms with E-state index in [1.807, 2.05) is 24.3 Å². The SMILES string of the molecule is CC(=O)N1CCc2cc(S(=O)(=O)NCc3ccc(N4CCOCC4)cc3)ccc21. The number of rotatable bonds is 5. The van der Waals surface area contributed by atoms with Crippen LogP contribution in [0.1, 0.15) is 18.1 Å². The lowest BCUT2D eigenvalue weighted by Gasteiger charge is -2.28. The lowest BCUT2D eigenvalue weighted by molar-refractivity contribution is -0.116. The molecule has 0 atom stereocenters. The van der Waals surface area contributed by atoms with Crippen LogP contribution in [0.2, 0.25) is 0 Å². The van der Waals surface area contributed by atoms with Crippen LogP contribution >= 0.6 is 0 Å². The first-order valence-electron chi connectivity index (χ1n) is 9.76. The van der Waals surface area contributed by atoms with E-state index < -0.39 is 10.0 Å². The molecule has 7 nitrogen and oxygen atoms in total. The van der Waals surface area contributed by atoms with Crippen LogP contribution in [-0.4, -0.2) is 47.2 Å². The van der Waals surface area contributed by atoms with E-state index in [4.69, 9.17) is 4.74 Å². The quantitative estimate of drug-likeness (QED) is 0.807. The van der Waals surface area contributed by atoms with Gasteiger partial charge in [-0.15, -0.1) is 0 Å². The average Bonchev–Trinajstić information content (AvgIpc) is 3.17. The monoisotopic (exact) mass is 415 g/mol. The summed E-state index contributed by atoms with van der Waals surface area (Å²) in [5.41, 5.74) is 3.70. The van der Waals surface area contributed by atoms with Crippen LogP contribution in [0.4, 0.5) is 11.4 Å². The highest BCUT2D eigenvalue weighted by atomic mass is 32.2. The molecule has 0 aliphatic carbocycles. The van der Waals surface area contributed by atoms with Crippen LogP contribution in [0.25, 0.3) is 0 Å². The van der Waals surface area contributed by atoms with Gasteiger partial charge < -0.3 is 14.5 Å². The van der Waals surface area contributed by atoms with Crippen LogP contribution in [0, 0.1) is 0 Å². The molecule has 154 valence electrons. The van der Waals surface area contributed by atoms with Crippen LogP contribution in [0.5, 0.6) is 0 Å². The highest BCUT2D eigenvalue weighted by molar-refractivity contribution is 7.89. The maximum Gasteiger partial charge on any atom is 0.240 e. The Bertz CT molecular complexity index is 999. The second-order valence-electron chi connectivity index (χ2n) is 7.30. The third-order valence-electron chi connectivity index (χ3n) is 5.42. The molecule has 2 aromatic rings. The van der Waals surface area contributed by atoms with Crippen molar-refractivity contribution in [2.75, 3.05) is 42.6 Å². The highest BCUT2D eigenvalue weighted by Crippen LogP contribution is 2.30. The summed E-state index contributed by atoms with van der Waals surface area (Å²) < 4.78 is 33.5. The third kappa shape index (κ3) is 4.29. The number of carbonyl (C=O) groups excluding carboxylic acids is 1. The Morgan fingerprint density at radius 2 is 1.79 bits per heavy atom. The van der Waals surface area contributed by atoms with Crippen molar-refractivity contribution in [3.63, 3.8) is 0 Å². The number of sulfonamides is 1. The number of nitrogens with one attached hydrogen (secondary N) is 1. The van der Waals surface area contributed by atoms with E-state index in [1.54, 1.807) is 23.1 Å². The van der Waals surface area contributed by atoms with Crippen molar-refractivity contribution in [2.45, 2.75) is 24.8 Å². The number of fused-ring (bicyclic) bond motifs is 1. The summed E-state index contributed by atoms with van der Waals surface area (Å²) in [7, 11) is -3.63. The zero-order valence-electron chi connectivity index (χ0n) is 16.4. The van der Waals surface area contributed by atoms with Crippen molar-refractivity contribution in [1.82, 2.24) is 4.72 Å². The van der Waals surface area contributed by atoms with Gasteiger partial charge in [-0.25, -0.2) is 13.1 Å². The Morgan fingerprint density at radius 3 is 2.48 bits per heavy atom. The number of benzene rings is 2. The molecule has 1 amide bonds. The van der Waals surface area contributed by atoms with Crippen molar-refractivity contribution in [2.24, 2.45) is 0 Å². The van der Waals surface area contributed by atoms with Gasteiger partial charge in [0.15, 0.2) is 0 Å². The molecule has 2 aromatic carbocycles. The topological polar surface area (TPSA) is 79.0 Å². The highest BCUT2D eigenvalue weighted by Gasteiger charge is 2.24. The molecule has 4 rings (SSSR count). The van der Waals surface area contributed by atoms with E-state index in [9.17, 15) is 13.2 Å². The fraction of sp³-hybridized carbons (Fsp3) is 0.381. The standard InChI is InChI=1S/C21H25N3O4S/c1-16(25)24-9-8-18-14-20(6-7-21(18)24)29(26,27)22-15-17-2-4-19(5-3-17)23-10-12-28-13-11-23/h2-7,14,22H,8-13,15H2,1H3. The Morgan fingerprint density at radius 1 is 1.07 bits per heavy atom. The van der Waals surface area contributed by atoms with Gasteiger partial charge in [0.25, 0.3) is 0 Å². The fourth-order valence-corrected chi connectivity index (χ4v) is 4.85. The summed E-state index contributed by atoms with van der Waals surface area (Å²) >= 11 is 0. The van der Waals surface area contributed by atoms with Crippen LogP contribution < -0.4 is 14.5 Å². The van der Waals surface area contributed by atoms with Crippen LogP contribution in [-0.2, 0) is 32.5 Å². The van der Waals surface area contributed by atoms with Crippen molar-refractivity contribution >= 4 is 27.3 Å². The largest absolute Gasteiger partial charge is 0.378 e. The summed E-state index contributed by atoms with van der Waals surface area (Å²) in [4.78, 5) is 15.8. The Labute approximate surface area is 171 Å². The minimum Gasteiger partial charge on any atom is -0.378 e. The Hall–Kier alpha value is -2.42. The zero-order chi connectivity index (χ0) is 20.4. The number of ether oxygens (including phenoxy) is 1. The van der Waals surface area contributed by atoms with E-state index in [0.29, 0.717) is 13.0 Å². The smallest absolute Gasteiger partial charge is 0.240 e. The lowest BCUT2D eigenvalue weighted by Crippen LogP contribution is -2.36. The van der Waals surface area contributed by atoms with Gasteiger partial charge >= 0.3 is 0 Å². The van der Waals surface area contributed by atoms with Gasteiger partial charge in [-0.05, 0) is 47.9 Å². The molecule has 2 aliphatic rings. The molecule has 1 saturated heterocycles. The first-order chi connectivity index (χ1) is 13.9. The van der Waals surface area contributed by atoms with E-state index in [1.165, 1.54) is 6.92 Å². The summed E-state index contributed by atoms with van der Waals surface area (Å²) in [6.07, 6.45) is 0.668. The maximum absolute atomic E-state index is 12.7.